The first-order valence-electron chi connectivity index (χ1n) is 4.71. The van der Waals surface area contributed by atoms with Gasteiger partial charge in [-0.25, -0.2) is 0 Å². The molecule has 0 N–H and O–H groups in total. The van der Waals surface area contributed by atoms with Crippen LogP contribution < -0.4 is 4.74 Å². The van der Waals surface area contributed by atoms with Crippen LogP contribution in [0.3, 0.4) is 0 Å². The SMILES string of the molecule is B=CS(=O)(=O)ON=C(C#N)c1ccc(OC)cc1. The van der Waals surface area contributed by atoms with Crippen LogP contribution in [-0.2, 0) is 14.4 Å². The number of ether oxygens (including phenoxy) is 1. The molecule has 0 unspecified atom stereocenters. The summed E-state index contributed by atoms with van der Waals surface area (Å²) in [4.78, 5) is 0. The Morgan fingerprint density at radius 1 is 1.44 bits per heavy atom. The predicted octanol–water partition coefficient (Wildman–Crippen LogP) is -0.0702. The van der Waals surface area contributed by atoms with Crippen LogP contribution in [0, 0.1) is 11.3 Å². The van der Waals surface area contributed by atoms with E-state index in [9.17, 15) is 8.42 Å². The van der Waals surface area contributed by atoms with Gasteiger partial charge < -0.3 is 0 Å². The van der Waals surface area contributed by atoms with E-state index < -0.39 is 10.1 Å². The van der Waals surface area contributed by atoms with Gasteiger partial charge in [0.1, 0.15) is 0 Å². The topological polar surface area (TPSA) is 88.8 Å². The number of rotatable bonds is 5. The van der Waals surface area contributed by atoms with E-state index in [1.54, 1.807) is 30.3 Å². The van der Waals surface area contributed by atoms with Crippen LogP contribution in [0.15, 0.2) is 29.4 Å². The summed E-state index contributed by atoms with van der Waals surface area (Å²) in [5.74, 6) is 0.607. The molecule has 0 aliphatic rings. The molecule has 1 aromatic carbocycles. The summed E-state index contributed by atoms with van der Waals surface area (Å²) in [6, 6.07) is 8.09. The summed E-state index contributed by atoms with van der Waals surface area (Å²) in [5.41, 5.74) is 0.251. The van der Waals surface area contributed by atoms with Crippen LogP contribution in [0.4, 0.5) is 0 Å². The van der Waals surface area contributed by atoms with Gasteiger partial charge in [0, 0.05) is 0 Å². The van der Waals surface area contributed by atoms with E-state index in [-0.39, 0.29) is 5.71 Å². The number of oxime groups is 1. The summed E-state index contributed by atoms with van der Waals surface area (Å²) < 4.78 is 31.1. The van der Waals surface area contributed by atoms with E-state index >= 15 is 0 Å². The first kappa shape index (κ1) is 13.9. The van der Waals surface area contributed by atoms with Crippen molar-refractivity contribution in [2.75, 3.05) is 7.11 Å². The number of nitrogens with zero attached hydrogens (tertiary/aromatic N) is 2. The fraction of sp³-hybridized carbons (Fsp3) is 0.100. The summed E-state index contributed by atoms with van der Waals surface area (Å²) in [7, 11) is 0.613. The van der Waals surface area contributed by atoms with Crippen molar-refractivity contribution in [1.29, 1.82) is 5.26 Å². The fourth-order valence-electron chi connectivity index (χ4n) is 1.01. The molecule has 0 saturated heterocycles. The molecule has 0 atom stereocenters. The van der Waals surface area contributed by atoms with Gasteiger partial charge in [-0.15, -0.1) is 0 Å². The number of hydrogen-bond acceptors (Lipinski definition) is 6. The Kier molecular flexibility index (Phi) is 4.63. The predicted molar refractivity (Wildman–Crippen MR) is 68.4 cm³/mol. The molecule has 92 valence electrons. The average molecular weight is 264 g/mol. The van der Waals surface area contributed by atoms with Crippen LogP contribution in [0.2, 0.25) is 0 Å². The third-order valence-electron chi connectivity index (χ3n) is 1.91. The molecular formula is C10H9BN2O4S. The summed E-state index contributed by atoms with van der Waals surface area (Å²) in [5, 5.41) is 12.7. The Bertz CT molecular complexity index is 602. The third-order valence-corrected chi connectivity index (χ3v) is 2.60. The van der Waals surface area contributed by atoms with Crippen molar-refractivity contribution < 1.29 is 17.4 Å². The molecular weight excluding hydrogens is 255 g/mol. The van der Waals surface area contributed by atoms with Crippen molar-refractivity contribution in [2.45, 2.75) is 0 Å². The Balaban J connectivity index is 3.00. The number of methoxy groups -OCH3 is 1. The minimum atomic E-state index is -3.94. The van der Waals surface area contributed by atoms with Crippen LogP contribution in [0.25, 0.3) is 0 Å². The molecule has 0 bridgehead atoms. The molecule has 18 heavy (non-hydrogen) atoms. The van der Waals surface area contributed by atoms with Crippen molar-refractivity contribution in [3.8, 4) is 11.8 Å². The van der Waals surface area contributed by atoms with Gasteiger partial charge >= 0.3 is 105 Å². The Morgan fingerprint density at radius 3 is 2.50 bits per heavy atom. The van der Waals surface area contributed by atoms with Gasteiger partial charge in [-0.1, -0.05) is 0 Å². The number of hydrogen-bond donors (Lipinski definition) is 0. The second kappa shape index (κ2) is 5.98. The van der Waals surface area contributed by atoms with Crippen molar-refractivity contribution in [3.63, 3.8) is 0 Å². The van der Waals surface area contributed by atoms with E-state index in [1.807, 2.05) is 0 Å². The van der Waals surface area contributed by atoms with Crippen molar-refractivity contribution >= 4 is 28.6 Å². The van der Waals surface area contributed by atoms with E-state index in [1.165, 1.54) is 7.11 Å². The normalized spacial score (nSPS) is 11.4. The van der Waals surface area contributed by atoms with Crippen molar-refractivity contribution in [3.05, 3.63) is 29.8 Å². The molecule has 1 aromatic rings. The van der Waals surface area contributed by atoms with E-state index in [2.05, 4.69) is 16.9 Å². The van der Waals surface area contributed by atoms with Crippen LogP contribution in [0.1, 0.15) is 5.56 Å². The van der Waals surface area contributed by atoms with E-state index in [4.69, 9.17) is 10.00 Å². The van der Waals surface area contributed by atoms with Gasteiger partial charge in [-0.3, -0.25) is 0 Å². The van der Waals surface area contributed by atoms with Gasteiger partial charge in [0.05, 0.1) is 0 Å². The Labute approximate surface area is 106 Å². The molecule has 0 aliphatic heterocycles. The molecule has 0 amide bonds. The van der Waals surface area contributed by atoms with Gasteiger partial charge in [-0.2, -0.15) is 0 Å². The minimum absolute atomic E-state index is 0.164. The number of benzene rings is 1. The zero-order chi connectivity index (χ0) is 13.6. The molecule has 0 saturated carbocycles. The quantitative estimate of drug-likeness (QED) is 0.422. The maximum absolute atomic E-state index is 11.0. The molecule has 0 radical (unpaired) electrons. The zero-order valence-electron chi connectivity index (χ0n) is 9.53. The van der Waals surface area contributed by atoms with E-state index in [0.29, 0.717) is 16.6 Å². The molecule has 0 aliphatic carbocycles. The molecule has 0 heterocycles. The molecule has 0 spiro atoms. The zero-order valence-corrected chi connectivity index (χ0v) is 10.3. The second-order valence-corrected chi connectivity index (χ2v) is 4.48. The molecule has 1 rings (SSSR count). The summed E-state index contributed by atoms with van der Waals surface area (Å²) >= 11 is 0. The molecule has 0 aromatic heterocycles. The van der Waals surface area contributed by atoms with Crippen molar-refractivity contribution in [1.82, 2.24) is 0 Å². The van der Waals surface area contributed by atoms with Crippen molar-refractivity contribution in [2.24, 2.45) is 5.16 Å². The molecule has 8 heteroatoms. The first-order chi connectivity index (χ1) is 8.52. The Hall–Kier alpha value is -2.14. The molecule has 0 fully saturated rings. The fourth-order valence-corrected chi connectivity index (χ4v) is 1.25. The van der Waals surface area contributed by atoms with E-state index in [0.717, 1.165) is 0 Å². The van der Waals surface area contributed by atoms with Crippen LogP contribution >= 0.6 is 0 Å². The second-order valence-electron chi connectivity index (χ2n) is 3.01. The Morgan fingerprint density at radius 2 is 2.06 bits per heavy atom. The average Bonchev–Trinajstić information content (AvgIpc) is 2.40. The van der Waals surface area contributed by atoms with Gasteiger partial charge in [0.2, 0.25) is 0 Å². The standard InChI is InChI=1S/C10H9BN2O4S/c1-16-9-4-2-8(3-5-9)10(6-12)13-17-18(14,15)7-11/h2-5,7,11H,1H3. The monoisotopic (exact) mass is 264 g/mol. The number of nitriles is 1. The van der Waals surface area contributed by atoms with Crippen LogP contribution in [-0.4, -0.2) is 34.0 Å². The summed E-state index contributed by atoms with van der Waals surface area (Å²) in [6.07, 6.45) is 0. The van der Waals surface area contributed by atoms with Crippen LogP contribution in [0.5, 0.6) is 5.75 Å². The maximum atomic E-state index is 11.0. The summed E-state index contributed by atoms with van der Waals surface area (Å²) in [6.45, 7) is 0. The van der Waals surface area contributed by atoms with Gasteiger partial charge in [0.15, 0.2) is 0 Å². The third kappa shape index (κ3) is 3.71. The van der Waals surface area contributed by atoms with Gasteiger partial charge in [0.25, 0.3) is 0 Å². The first-order valence-corrected chi connectivity index (χ1v) is 6.18. The molecule has 6 nitrogen and oxygen atoms in total. The van der Waals surface area contributed by atoms with Gasteiger partial charge in [-0.05, 0) is 0 Å².